The molecule has 110 valence electrons. The van der Waals surface area contributed by atoms with E-state index in [1.54, 1.807) is 0 Å². The number of Topliss-reactive ketones (excluding diaryl/α,β-unsaturated/α-hetero) is 2. The number of benzene rings is 2. The average Bonchev–Trinajstić information content (AvgIpc) is 2.51. The van der Waals surface area contributed by atoms with Crippen molar-refractivity contribution in [2.24, 2.45) is 0 Å². The number of carbonyl (C=O) groups is 2. The summed E-state index contributed by atoms with van der Waals surface area (Å²) in [5.74, 6) is 0.246. The highest BCUT2D eigenvalue weighted by Gasteiger charge is 2.16. The fraction of sp³-hybridized carbons (Fsp3) is 0.333. The summed E-state index contributed by atoms with van der Waals surface area (Å²) >= 11 is 0. The van der Waals surface area contributed by atoms with E-state index in [0.29, 0.717) is 18.4 Å². The molecule has 0 fully saturated rings. The van der Waals surface area contributed by atoms with Crippen LogP contribution in [0.25, 0.3) is 10.8 Å². The quantitative estimate of drug-likeness (QED) is 0.776. The van der Waals surface area contributed by atoms with Crippen LogP contribution in [0.15, 0.2) is 30.3 Å². The van der Waals surface area contributed by atoms with Crippen molar-refractivity contribution in [3.63, 3.8) is 0 Å². The third-order valence-corrected chi connectivity index (χ3v) is 3.72. The second-order valence-corrected chi connectivity index (χ2v) is 5.34. The Balaban J connectivity index is 2.72. The van der Waals surface area contributed by atoms with Gasteiger partial charge >= 0.3 is 0 Å². The van der Waals surface area contributed by atoms with E-state index in [1.807, 2.05) is 63.2 Å². The van der Waals surface area contributed by atoms with E-state index in [9.17, 15) is 9.59 Å². The van der Waals surface area contributed by atoms with Crippen LogP contribution in [0.1, 0.15) is 47.4 Å². The van der Waals surface area contributed by atoms with Crippen molar-refractivity contribution < 1.29 is 9.59 Å². The minimum atomic E-state index is 0.122. The van der Waals surface area contributed by atoms with Gasteiger partial charge in [-0.2, -0.15) is 0 Å². The number of carbonyl (C=O) groups excluding carboxylic acids is 2. The molecule has 0 saturated carbocycles. The van der Waals surface area contributed by atoms with Gasteiger partial charge in [-0.3, -0.25) is 9.59 Å². The Morgan fingerprint density at radius 2 is 1.62 bits per heavy atom. The van der Waals surface area contributed by atoms with Crippen molar-refractivity contribution in [3.8, 4) is 0 Å². The molecule has 0 amide bonds. The van der Waals surface area contributed by atoms with Gasteiger partial charge in [-0.15, -0.1) is 0 Å². The van der Waals surface area contributed by atoms with Crippen LogP contribution in [-0.4, -0.2) is 25.7 Å². The molecule has 0 spiro atoms. The molecule has 21 heavy (non-hydrogen) atoms. The van der Waals surface area contributed by atoms with Gasteiger partial charge in [0, 0.05) is 43.8 Å². The predicted octanol–water partition coefficient (Wildman–Crippen LogP) is 4.09. The van der Waals surface area contributed by atoms with Crippen molar-refractivity contribution in [1.29, 1.82) is 0 Å². The van der Waals surface area contributed by atoms with E-state index < -0.39 is 0 Å². The van der Waals surface area contributed by atoms with E-state index >= 15 is 0 Å². The largest absolute Gasteiger partial charge is 0.377 e. The zero-order valence-electron chi connectivity index (χ0n) is 13.1. The molecule has 0 unspecified atom stereocenters. The first kappa shape index (κ1) is 15.2. The molecule has 0 aliphatic heterocycles. The minimum Gasteiger partial charge on any atom is -0.377 e. The Hall–Kier alpha value is -2.16. The van der Waals surface area contributed by atoms with Crippen LogP contribution >= 0.6 is 0 Å². The summed E-state index contributed by atoms with van der Waals surface area (Å²) in [5, 5.41) is 1.86. The first-order chi connectivity index (χ1) is 9.99. The molecule has 2 aromatic rings. The fourth-order valence-electron chi connectivity index (χ4n) is 2.54. The van der Waals surface area contributed by atoms with Crippen molar-refractivity contribution in [1.82, 2.24) is 0 Å². The van der Waals surface area contributed by atoms with Crippen LogP contribution in [0.5, 0.6) is 0 Å². The molecule has 0 aliphatic carbocycles. The summed E-state index contributed by atoms with van der Waals surface area (Å²) in [6.07, 6.45) is 0.956. The number of nitrogens with zero attached hydrogens (tertiary/aromatic N) is 1. The van der Waals surface area contributed by atoms with E-state index in [-0.39, 0.29) is 11.6 Å². The molecule has 0 aromatic heterocycles. The highest BCUT2D eigenvalue weighted by Crippen LogP contribution is 2.30. The molecule has 0 radical (unpaired) electrons. The van der Waals surface area contributed by atoms with E-state index in [1.165, 1.54) is 0 Å². The Kier molecular flexibility index (Phi) is 4.41. The van der Waals surface area contributed by atoms with Gasteiger partial charge in [0.2, 0.25) is 0 Å². The number of rotatable bonds is 5. The lowest BCUT2D eigenvalue weighted by Crippen LogP contribution is -2.14. The van der Waals surface area contributed by atoms with Crippen LogP contribution in [-0.2, 0) is 0 Å². The Morgan fingerprint density at radius 1 is 0.952 bits per heavy atom. The molecule has 2 aromatic carbocycles. The third kappa shape index (κ3) is 2.82. The Labute approximate surface area is 125 Å². The van der Waals surface area contributed by atoms with Crippen molar-refractivity contribution in [3.05, 3.63) is 41.5 Å². The molecule has 0 atom stereocenters. The van der Waals surface area contributed by atoms with E-state index in [4.69, 9.17) is 0 Å². The average molecular weight is 283 g/mol. The lowest BCUT2D eigenvalue weighted by Gasteiger charge is -2.18. The predicted molar refractivity (Wildman–Crippen MR) is 87.5 cm³/mol. The number of hydrogen-bond acceptors (Lipinski definition) is 3. The number of hydrogen-bond donors (Lipinski definition) is 0. The lowest BCUT2D eigenvalue weighted by atomic mass is 9.95. The smallest absolute Gasteiger partial charge is 0.165 e. The SMILES string of the molecule is CCC(=O)c1ccc2c(C(=O)CC)c(N(C)C)ccc2c1. The monoisotopic (exact) mass is 283 g/mol. The summed E-state index contributed by atoms with van der Waals surface area (Å²) in [5.41, 5.74) is 2.37. The second-order valence-electron chi connectivity index (χ2n) is 5.34. The van der Waals surface area contributed by atoms with Crippen molar-refractivity contribution in [2.45, 2.75) is 26.7 Å². The summed E-state index contributed by atoms with van der Waals surface area (Å²) in [4.78, 5) is 26.1. The molecule has 0 bridgehead atoms. The summed E-state index contributed by atoms with van der Waals surface area (Å²) in [6, 6.07) is 9.52. The van der Waals surface area contributed by atoms with Gasteiger partial charge in [0.15, 0.2) is 11.6 Å². The van der Waals surface area contributed by atoms with Gasteiger partial charge in [-0.05, 0) is 22.9 Å². The lowest BCUT2D eigenvalue weighted by molar-refractivity contribution is 0.0982. The molecule has 2 rings (SSSR count). The summed E-state index contributed by atoms with van der Waals surface area (Å²) in [7, 11) is 3.87. The summed E-state index contributed by atoms with van der Waals surface area (Å²) in [6.45, 7) is 3.73. The van der Waals surface area contributed by atoms with Crippen LogP contribution in [0.2, 0.25) is 0 Å². The topological polar surface area (TPSA) is 37.4 Å². The van der Waals surface area contributed by atoms with E-state index in [2.05, 4.69) is 0 Å². The molecule has 0 heterocycles. The standard InChI is InChI=1S/C18H21NO2/c1-5-16(20)13-7-9-14-12(11-13)8-10-15(19(3)4)18(14)17(21)6-2/h7-11H,5-6H2,1-4H3. The van der Waals surface area contributed by atoms with Gasteiger partial charge in [0.05, 0.1) is 0 Å². The fourth-order valence-corrected chi connectivity index (χ4v) is 2.54. The molecule has 3 heteroatoms. The second kappa shape index (κ2) is 6.08. The van der Waals surface area contributed by atoms with Crippen LogP contribution in [0.4, 0.5) is 5.69 Å². The first-order valence-electron chi connectivity index (χ1n) is 7.30. The number of anilines is 1. The van der Waals surface area contributed by atoms with Crippen LogP contribution in [0, 0.1) is 0 Å². The van der Waals surface area contributed by atoms with Gasteiger partial charge in [-0.25, -0.2) is 0 Å². The molecule has 0 N–H and O–H groups in total. The molecular formula is C18H21NO2. The van der Waals surface area contributed by atoms with Crippen LogP contribution in [0.3, 0.4) is 0 Å². The van der Waals surface area contributed by atoms with Crippen molar-refractivity contribution >= 4 is 28.0 Å². The van der Waals surface area contributed by atoms with Gasteiger partial charge in [0.25, 0.3) is 0 Å². The maximum absolute atomic E-state index is 12.3. The molecule has 0 saturated heterocycles. The van der Waals surface area contributed by atoms with Gasteiger partial charge < -0.3 is 4.90 Å². The zero-order chi connectivity index (χ0) is 15.6. The molecule has 3 nitrogen and oxygen atoms in total. The maximum atomic E-state index is 12.3. The minimum absolute atomic E-state index is 0.122. The van der Waals surface area contributed by atoms with Crippen molar-refractivity contribution in [2.75, 3.05) is 19.0 Å². The Bertz CT molecular complexity index is 702. The molecule has 0 aliphatic rings. The van der Waals surface area contributed by atoms with E-state index in [0.717, 1.165) is 22.0 Å². The first-order valence-corrected chi connectivity index (χ1v) is 7.30. The van der Waals surface area contributed by atoms with Crippen LogP contribution < -0.4 is 4.90 Å². The highest BCUT2D eigenvalue weighted by molar-refractivity contribution is 6.13. The van der Waals surface area contributed by atoms with Gasteiger partial charge in [0.1, 0.15) is 0 Å². The zero-order valence-corrected chi connectivity index (χ0v) is 13.1. The Morgan fingerprint density at radius 3 is 2.19 bits per heavy atom. The number of fused-ring (bicyclic) bond motifs is 1. The number of ketones is 2. The third-order valence-electron chi connectivity index (χ3n) is 3.72. The van der Waals surface area contributed by atoms with Gasteiger partial charge in [-0.1, -0.05) is 32.0 Å². The summed E-state index contributed by atoms with van der Waals surface area (Å²) < 4.78 is 0. The maximum Gasteiger partial charge on any atom is 0.165 e. The highest BCUT2D eigenvalue weighted by atomic mass is 16.1. The normalized spacial score (nSPS) is 10.7. The molecular weight excluding hydrogens is 262 g/mol.